The summed E-state index contributed by atoms with van der Waals surface area (Å²) in [6.45, 7) is 0.947. The number of carbonyl (C=O) groups is 2. The highest BCUT2D eigenvalue weighted by molar-refractivity contribution is 6.04. The molecule has 0 aromatic heterocycles. The van der Waals surface area contributed by atoms with E-state index in [-0.39, 0.29) is 5.91 Å². The summed E-state index contributed by atoms with van der Waals surface area (Å²) in [6, 6.07) is 16.6. The molecule has 0 bridgehead atoms. The van der Waals surface area contributed by atoms with Crippen LogP contribution in [0.1, 0.15) is 11.1 Å². The van der Waals surface area contributed by atoms with Crippen LogP contribution in [0, 0.1) is 0 Å². The number of guanidine groups is 1. The number of fused-ring (bicyclic) bond motifs is 1. The van der Waals surface area contributed by atoms with Gasteiger partial charge in [0.25, 0.3) is 5.91 Å². The molecular formula is C21H23N5O3. The fourth-order valence-corrected chi connectivity index (χ4v) is 3.57. The van der Waals surface area contributed by atoms with Crippen LogP contribution in [0.3, 0.4) is 0 Å². The average Bonchev–Trinajstić information content (AvgIpc) is 3.10. The van der Waals surface area contributed by atoms with Gasteiger partial charge in [0.2, 0.25) is 0 Å². The van der Waals surface area contributed by atoms with E-state index in [1.807, 2.05) is 59.5 Å². The van der Waals surface area contributed by atoms with Gasteiger partial charge < -0.3 is 19.9 Å². The Kier molecular flexibility index (Phi) is 5.07. The number of likely N-dealkylation sites (N-methyl/N-ethyl adjacent to an activating group) is 1. The Hall–Kier alpha value is -3.55. The highest BCUT2D eigenvalue weighted by Crippen LogP contribution is 2.23. The Bertz CT molecular complexity index is 929. The quantitative estimate of drug-likeness (QED) is 0.805. The molecule has 2 aromatic carbocycles. The van der Waals surface area contributed by atoms with Gasteiger partial charge in [-0.1, -0.05) is 42.5 Å². The minimum absolute atomic E-state index is 0.323. The molecule has 29 heavy (non-hydrogen) atoms. The standard InChI is InChI=1S/C21H23N5O3/c1-25-18-17(19(27)24-21(25)28)26(13-15-6-4-3-5-7-15)20(23-18)22-12-14-8-10-16(29-2)11-9-14/h3-11,17-18H,12-13H2,1-2H3,(H,22,23)(H,24,27,28). The summed E-state index contributed by atoms with van der Waals surface area (Å²) in [4.78, 5) is 32.8. The number of nitrogens with zero attached hydrogens (tertiary/aromatic N) is 3. The number of hydrogen-bond donors (Lipinski definition) is 2. The first-order valence-corrected chi connectivity index (χ1v) is 9.39. The molecule has 0 aliphatic carbocycles. The molecule has 3 amide bonds. The van der Waals surface area contributed by atoms with Crippen molar-refractivity contribution in [3.05, 3.63) is 65.7 Å². The van der Waals surface area contributed by atoms with Crippen molar-refractivity contribution in [2.45, 2.75) is 25.3 Å². The van der Waals surface area contributed by atoms with Gasteiger partial charge in [0.15, 0.2) is 12.0 Å². The van der Waals surface area contributed by atoms with Gasteiger partial charge in [-0.05, 0) is 23.3 Å². The van der Waals surface area contributed by atoms with E-state index in [0.717, 1.165) is 16.9 Å². The van der Waals surface area contributed by atoms with Gasteiger partial charge in [-0.2, -0.15) is 0 Å². The van der Waals surface area contributed by atoms with Crippen LogP contribution >= 0.6 is 0 Å². The Morgan fingerprint density at radius 2 is 1.76 bits per heavy atom. The topological polar surface area (TPSA) is 86.3 Å². The van der Waals surface area contributed by atoms with E-state index in [4.69, 9.17) is 9.73 Å². The maximum absolute atomic E-state index is 12.6. The van der Waals surface area contributed by atoms with E-state index in [1.54, 1.807) is 14.2 Å². The fourth-order valence-electron chi connectivity index (χ4n) is 3.57. The van der Waals surface area contributed by atoms with Gasteiger partial charge in [-0.15, -0.1) is 0 Å². The van der Waals surface area contributed by atoms with Crippen molar-refractivity contribution < 1.29 is 14.3 Å². The highest BCUT2D eigenvalue weighted by Gasteiger charge is 2.49. The van der Waals surface area contributed by atoms with E-state index < -0.39 is 18.2 Å². The number of benzene rings is 2. The predicted molar refractivity (Wildman–Crippen MR) is 108 cm³/mol. The third-order valence-corrected chi connectivity index (χ3v) is 5.19. The van der Waals surface area contributed by atoms with Crippen molar-refractivity contribution in [3.8, 4) is 5.75 Å². The lowest BCUT2D eigenvalue weighted by atomic mass is 10.1. The second-order valence-corrected chi connectivity index (χ2v) is 7.04. The third-order valence-electron chi connectivity index (χ3n) is 5.19. The van der Waals surface area contributed by atoms with Crippen LogP contribution < -0.4 is 15.4 Å². The van der Waals surface area contributed by atoms with Gasteiger partial charge in [0, 0.05) is 13.6 Å². The molecule has 0 radical (unpaired) electrons. The van der Waals surface area contributed by atoms with E-state index in [9.17, 15) is 9.59 Å². The van der Waals surface area contributed by atoms with Crippen LogP contribution in [0.15, 0.2) is 59.6 Å². The molecule has 2 aliphatic rings. The van der Waals surface area contributed by atoms with E-state index in [1.165, 1.54) is 4.90 Å². The molecule has 0 saturated carbocycles. The molecule has 8 heteroatoms. The van der Waals surface area contributed by atoms with Gasteiger partial charge >= 0.3 is 6.03 Å². The van der Waals surface area contributed by atoms with Crippen LogP contribution in [0.2, 0.25) is 0 Å². The normalized spacial score (nSPS) is 22.3. The summed E-state index contributed by atoms with van der Waals surface area (Å²) in [7, 11) is 3.29. The molecule has 0 spiro atoms. The number of amides is 3. The molecule has 150 valence electrons. The van der Waals surface area contributed by atoms with Gasteiger partial charge in [0.1, 0.15) is 11.9 Å². The van der Waals surface area contributed by atoms with Gasteiger partial charge in [-0.3, -0.25) is 10.1 Å². The molecule has 2 saturated heterocycles. The summed E-state index contributed by atoms with van der Waals surface area (Å²) in [5.41, 5.74) is 2.07. The first kappa shape index (κ1) is 18.8. The highest BCUT2D eigenvalue weighted by atomic mass is 16.5. The maximum atomic E-state index is 12.6. The zero-order valence-electron chi connectivity index (χ0n) is 16.3. The second-order valence-electron chi connectivity index (χ2n) is 7.04. The van der Waals surface area contributed by atoms with Gasteiger partial charge in [-0.25, -0.2) is 9.79 Å². The molecular weight excluding hydrogens is 370 g/mol. The molecule has 2 N–H and O–H groups in total. The number of nitrogens with one attached hydrogen (secondary N) is 2. The zero-order valence-corrected chi connectivity index (χ0v) is 16.3. The molecule has 2 aliphatic heterocycles. The SMILES string of the molecule is COc1ccc(CN=C2NC3C(C(=O)NC(=O)N3C)N2Cc2ccccc2)cc1. The summed E-state index contributed by atoms with van der Waals surface area (Å²) in [5, 5.41) is 5.68. The van der Waals surface area contributed by atoms with Crippen molar-refractivity contribution in [3.63, 3.8) is 0 Å². The average molecular weight is 393 g/mol. The van der Waals surface area contributed by atoms with Crippen LogP contribution in [-0.2, 0) is 17.9 Å². The zero-order chi connectivity index (χ0) is 20.4. The smallest absolute Gasteiger partial charge is 0.325 e. The molecule has 2 heterocycles. The summed E-state index contributed by atoms with van der Waals surface area (Å²) < 4.78 is 5.19. The van der Waals surface area contributed by atoms with Crippen molar-refractivity contribution in [2.75, 3.05) is 14.2 Å². The molecule has 2 unspecified atom stereocenters. The first-order valence-electron chi connectivity index (χ1n) is 9.39. The predicted octanol–water partition coefficient (Wildman–Crippen LogP) is 1.53. The minimum Gasteiger partial charge on any atom is -0.497 e. The number of aliphatic imine (C=N–C) groups is 1. The fraction of sp³-hybridized carbons (Fsp3) is 0.286. The maximum Gasteiger partial charge on any atom is 0.325 e. The first-order chi connectivity index (χ1) is 14.1. The Morgan fingerprint density at radius 1 is 1.03 bits per heavy atom. The van der Waals surface area contributed by atoms with Crippen molar-refractivity contribution in [1.82, 2.24) is 20.4 Å². The molecule has 8 nitrogen and oxygen atoms in total. The lowest BCUT2D eigenvalue weighted by Crippen LogP contribution is -2.64. The number of imide groups is 1. The van der Waals surface area contributed by atoms with Crippen molar-refractivity contribution in [2.24, 2.45) is 4.99 Å². The number of hydrogen-bond acceptors (Lipinski definition) is 4. The molecule has 4 rings (SSSR count). The number of carbonyl (C=O) groups excluding carboxylic acids is 2. The van der Waals surface area contributed by atoms with E-state index in [2.05, 4.69) is 10.6 Å². The van der Waals surface area contributed by atoms with Crippen LogP contribution in [-0.4, -0.2) is 54.1 Å². The summed E-state index contributed by atoms with van der Waals surface area (Å²) >= 11 is 0. The Labute approximate surface area is 169 Å². The Morgan fingerprint density at radius 3 is 2.45 bits per heavy atom. The van der Waals surface area contributed by atoms with Crippen molar-refractivity contribution in [1.29, 1.82) is 0 Å². The molecule has 2 fully saturated rings. The van der Waals surface area contributed by atoms with Crippen LogP contribution in [0.4, 0.5) is 4.79 Å². The number of ether oxygens (including phenoxy) is 1. The van der Waals surface area contributed by atoms with Crippen molar-refractivity contribution >= 4 is 17.9 Å². The minimum atomic E-state index is -0.549. The summed E-state index contributed by atoms with van der Waals surface area (Å²) in [6.07, 6.45) is -0.463. The second kappa shape index (κ2) is 7.83. The van der Waals surface area contributed by atoms with E-state index >= 15 is 0 Å². The molecule has 2 atom stereocenters. The number of urea groups is 1. The largest absolute Gasteiger partial charge is 0.497 e. The summed E-state index contributed by atoms with van der Waals surface area (Å²) in [5.74, 6) is 1.06. The number of rotatable bonds is 5. The third kappa shape index (κ3) is 3.73. The molecule has 2 aromatic rings. The van der Waals surface area contributed by atoms with E-state index in [0.29, 0.717) is 19.0 Å². The van der Waals surface area contributed by atoms with Crippen LogP contribution in [0.5, 0.6) is 5.75 Å². The van der Waals surface area contributed by atoms with Crippen LogP contribution in [0.25, 0.3) is 0 Å². The monoisotopic (exact) mass is 393 g/mol. The van der Waals surface area contributed by atoms with Gasteiger partial charge in [0.05, 0.1) is 13.7 Å². The lowest BCUT2D eigenvalue weighted by Gasteiger charge is -2.35. The number of methoxy groups -OCH3 is 1. The lowest BCUT2D eigenvalue weighted by molar-refractivity contribution is -0.127. The Balaban J connectivity index is 1.62.